The van der Waals surface area contributed by atoms with Gasteiger partial charge >= 0.3 is 5.97 Å². The topological polar surface area (TPSA) is 108 Å². The zero-order chi connectivity index (χ0) is 23.5. The molecule has 0 atom stereocenters. The summed E-state index contributed by atoms with van der Waals surface area (Å²) < 4.78 is 49.6. The molecule has 5 rings (SSSR count). The first-order valence-electron chi connectivity index (χ1n) is 11.1. The Hall–Kier alpha value is -3.37. The lowest BCUT2D eigenvalue weighted by Gasteiger charge is -2.30. The quantitative estimate of drug-likeness (QED) is 0.491. The van der Waals surface area contributed by atoms with Gasteiger partial charge in [0, 0.05) is 24.7 Å². The standard InChI is InChI=1S/C24H24N2O7S/c27-24(32-16-23-25-15-22(33-23)17-4-2-1-3-5-17)18-8-10-26(11-9-18)34(28,29)19-6-7-20-21(14-19)31-13-12-30-20/h1-7,14-15,18H,8-13,16H2. The number of nitrogens with zero attached hydrogens (tertiary/aromatic N) is 2. The number of sulfonamides is 1. The number of rotatable bonds is 6. The Morgan fingerprint density at radius 2 is 1.76 bits per heavy atom. The van der Waals surface area contributed by atoms with Crippen molar-refractivity contribution >= 4 is 16.0 Å². The highest BCUT2D eigenvalue weighted by molar-refractivity contribution is 7.89. The van der Waals surface area contributed by atoms with Gasteiger partial charge in [-0.05, 0) is 25.0 Å². The summed E-state index contributed by atoms with van der Waals surface area (Å²) in [6, 6.07) is 14.1. The van der Waals surface area contributed by atoms with Crippen molar-refractivity contribution < 1.29 is 31.8 Å². The van der Waals surface area contributed by atoms with Crippen molar-refractivity contribution in [3.05, 3.63) is 60.6 Å². The Morgan fingerprint density at radius 3 is 2.53 bits per heavy atom. The van der Waals surface area contributed by atoms with E-state index in [1.54, 1.807) is 12.3 Å². The van der Waals surface area contributed by atoms with E-state index < -0.39 is 10.0 Å². The van der Waals surface area contributed by atoms with Crippen molar-refractivity contribution in [3.8, 4) is 22.8 Å². The highest BCUT2D eigenvalue weighted by Crippen LogP contribution is 2.34. The van der Waals surface area contributed by atoms with E-state index in [-0.39, 0.29) is 36.5 Å². The van der Waals surface area contributed by atoms with E-state index in [9.17, 15) is 13.2 Å². The first-order valence-corrected chi connectivity index (χ1v) is 12.5. The number of aromatic nitrogens is 1. The summed E-state index contributed by atoms with van der Waals surface area (Å²) in [7, 11) is -3.70. The van der Waals surface area contributed by atoms with E-state index in [1.807, 2.05) is 30.3 Å². The summed E-state index contributed by atoms with van der Waals surface area (Å²) in [4.78, 5) is 16.9. The van der Waals surface area contributed by atoms with E-state index in [1.165, 1.54) is 16.4 Å². The van der Waals surface area contributed by atoms with Crippen molar-refractivity contribution in [2.24, 2.45) is 5.92 Å². The van der Waals surface area contributed by atoms with Crippen LogP contribution in [-0.2, 0) is 26.2 Å². The van der Waals surface area contributed by atoms with Gasteiger partial charge in [0.25, 0.3) is 0 Å². The predicted molar refractivity (Wildman–Crippen MR) is 121 cm³/mol. The zero-order valence-corrected chi connectivity index (χ0v) is 19.2. The molecule has 9 nitrogen and oxygen atoms in total. The van der Waals surface area contributed by atoms with Gasteiger partial charge in [-0.25, -0.2) is 13.4 Å². The molecule has 0 amide bonds. The van der Waals surface area contributed by atoms with Crippen molar-refractivity contribution in [1.29, 1.82) is 0 Å². The van der Waals surface area contributed by atoms with Crippen LogP contribution in [0.3, 0.4) is 0 Å². The Kier molecular flexibility index (Phi) is 6.25. The first kappa shape index (κ1) is 22.4. The summed E-state index contributed by atoms with van der Waals surface area (Å²) in [6.45, 7) is 1.21. The Morgan fingerprint density at radius 1 is 1.03 bits per heavy atom. The molecular formula is C24H24N2O7S. The van der Waals surface area contributed by atoms with Gasteiger partial charge in [0.15, 0.2) is 23.9 Å². The minimum atomic E-state index is -3.70. The van der Waals surface area contributed by atoms with E-state index in [2.05, 4.69) is 4.98 Å². The molecule has 2 aliphatic heterocycles. The lowest BCUT2D eigenvalue weighted by molar-refractivity contribution is -0.151. The molecule has 0 bridgehead atoms. The van der Waals surface area contributed by atoms with Gasteiger partial charge < -0.3 is 18.6 Å². The fraction of sp³-hybridized carbons (Fsp3) is 0.333. The number of ether oxygens (including phenoxy) is 3. The van der Waals surface area contributed by atoms with Gasteiger partial charge in [-0.3, -0.25) is 4.79 Å². The van der Waals surface area contributed by atoms with Gasteiger partial charge in [-0.1, -0.05) is 30.3 Å². The van der Waals surface area contributed by atoms with Gasteiger partial charge in [0.05, 0.1) is 17.0 Å². The Balaban J connectivity index is 1.15. The third kappa shape index (κ3) is 4.64. The highest BCUT2D eigenvalue weighted by Gasteiger charge is 2.33. The Bertz CT molecular complexity index is 1270. The maximum atomic E-state index is 13.1. The molecular weight excluding hydrogens is 460 g/mol. The third-order valence-electron chi connectivity index (χ3n) is 5.89. The number of piperidine rings is 1. The molecule has 0 N–H and O–H groups in total. The summed E-state index contributed by atoms with van der Waals surface area (Å²) >= 11 is 0. The maximum absolute atomic E-state index is 13.1. The molecule has 0 radical (unpaired) electrons. The number of carbonyl (C=O) groups is 1. The van der Waals surface area contributed by atoms with Crippen LogP contribution in [-0.4, -0.2) is 50.0 Å². The number of hydrogen-bond acceptors (Lipinski definition) is 8. The average Bonchev–Trinajstić information content (AvgIpc) is 3.37. The minimum absolute atomic E-state index is 0.0681. The largest absolute Gasteiger partial charge is 0.486 e. The van der Waals surface area contributed by atoms with Crippen LogP contribution < -0.4 is 9.47 Å². The molecule has 0 unspecified atom stereocenters. The number of fused-ring (bicyclic) bond motifs is 1. The summed E-state index contributed by atoms with van der Waals surface area (Å²) in [5.74, 6) is 1.11. The molecule has 1 saturated heterocycles. The summed E-state index contributed by atoms with van der Waals surface area (Å²) in [5.41, 5.74) is 0.888. The zero-order valence-electron chi connectivity index (χ0n) is 18.4. The number of carbonyl (C=O) groups excluding carboxylic acids is 1. The SMILES string of the molecule is O=C(OCc1ncc(-c2ccccc2)o1)C1CCN(S(=O)(=O)c2ccc3c(c2)OCCO3)CC1. The number of oxazole rings is 1. The van der Waals surface area contributed by atoms with E-state index in [4.69, 9.17) is 18.6 Å². The van der Waals surface area contributed by atoms with Crippen LogP contribution in [0.5, 0.6) is 11.5 Å². The molecule has 0 aliphatic carbocycles. The molecule has 0 saturated carbocycles. The normalized spacial score (nSPS) is 16.8. The molecule has 3 aromatic rings. The number of hydrogen-bond donors (Lipinski definition) is 0. The third-order valence-corrected chi connectivity index (χ3v) is 7.78. The highest BCUT2D eigenvalue weighted by atomic mass is 32.2. The van der Waals surface area contributed by atoms with Crippen LogP contribution in [0.1, 0.15) is 18.7 Å². The maximum Gasteiger partial charge on any atom is 0.309 e. The summed E-state index contributed by atoms with van der Waals surface area (Å²) in [6.07, 6.45) is 2.35. The van der Waals surface area contributed by atoms with Gasteiger partial charge in [0.2, 0.25) is 15.9 Å². The summed E-state index contributed by atoms with van der Waals surface area (Å²) in [5, 5.41) is 0. The van der Waals surface area contributed by atoms with Crippen molar-refractivity contribution in [3.63, 3.8) is 0 Å². The van der Waals surface area contributed by atoms with Crippen LogP contribution in [0.15, 0.2) is 64.0 Å². The van der Waals surface area contributed by atoms with E-state index in [0.29, 0.717) is 49.2 Å². The van der Waals surface area contributed by atoms with E-state index >= 15 is 0 Å². The van der Waals surface area contributed by atoms with Gasteiger partial charge in [-0.15, -0.1) is 0 Å². The second kappa shape index (κ2) is 9.47. The molecule has 2 aliphatic rings. The van der Waals surface area contributed by atoms with Crippen LogP contribution in [0.4, 0.5) is 0 Å². The number of benzene rings is 2. The second-order valence-electron chi connectivity index (χ2n) is 8.08. The predicted octanol–water partition coefficient (Wildman–Crippen LogP) is 3.26. The molecule has 10 heteroatoms. The molecule has 2 aromatic carbocycles. The number of esters is 1. The molecule has 3 heterocycles. The van der Waals surface area contributed by atoms with E-state index in [0.717, 1.165) is 5.56 Å². The molecule has 1 fully saturated rings. The first-order chi connectivity index (χ1) is 16.5. The van der Waals surface area contributed by atoms with Crippen LogP contribution in [0.2, 0.25) is 0 Å². The van der Waals surface area contributed by atoms with Crippen molar-refractivity contribution in [2.45, 2.75) is 24.3 Å². The molecule has 0 spiro atoms. The van der Waals surface area contributed by atoms with Crippen molar-refractivity contribution in [1.82, 2.24) is 9.29 Å². The lowest BCUT2D eigenvalue weighted by Crippen LogP contribution is -2.40. The van der Waals surface area contributed by atoms with Gasteiger partial charge in [-0.2, -0.15) is 4.31 Å². The average molecular weight is 485 g/mol. The van der Waals surface area contributed by atoms with Crippen molar-refractivity contribution in [2.75, 3.05) is 26.3 Å². The monoisotopic (exact) mass is 484 g/mol. The smallest absolute Gasteiger partial charge is 0.309 e. The second-order valence-corrected chi connectivity index (χ2v) is 10.0. The minimum Gasteiger partial charge on any atom is -0.486 e. The van der Waals surface area contributed by atoms with Gasteiger partial charge in [0.1, 0.15) is 13.2 Å². The van der Waals surface area contributed by atoms with Crippen LogP contribution in [0.25, 0.3) is 11.3 Å². The fourth-order valence-electron chi connectivity index (χ4n) is 4.03. The molecule has 34 heavy (non-hydrogen) atoms. The Labute approximate surface area is 197 Å². The van der Waals surface area contributed by atoms with Crippen LogP contribution >= 0.6 is 0 Å². The fourth-order valence-corrected chi connectivity index (χ4v) is 5.51. The molecule has 178 valence electrons. The van der Waals surface area contributed by atoms with Crippen LogP contribution in [0, 0.1) is 5.92 Å². The molecule has 1 aromatic heterocycles. The lowest BCUT2D eigenvalue weighted by atomic mass is 9.98.